The number of unbranched alkanes of at least 4 members (excludes halogenated alkanes) is 1. The van der Waals surface area contributed by atoms with Crippen LogP contribution in [0.1, 0.15) is 73.1 Å². The van der Waals surface area contributed by atoms with Crippen molar-refractivity contribution in [3.8, 4) is 0 Å². The Morgan fingerprint density at radius 3 is 2.59 bits per heavy atom. The summed E-state index contributed by atoms with van der Waals surface area (Å²) in [6.45, 7) is 11.4. The zero-order chi connectivity index (χ0) is 16.5. The molecule has 3 nitrogen and oxygen atoms in total. The maximum Gasteiger partial charge on any atom is 0.226 e. The summed E-state index contributed by atoms with van der Waals surface area (Å²) in [6, 6.07) is 0.345. The van der Waals surface area contributed by atoms with Gasteiger partial charge in [-0.15, -0.1) is 0 Å². The minimum Gasteiger partial charge on any atom is -0.339 e. The van der Waals surface area contributed by atoms with Gasteiger partial charge in [0.25, 0.3) is 0 Å². The van der Waals surface area contributed by atoms with Gasteiger partial charge in [-0.25, -0.2) is 0 Å². The zero-order valence-corrected chi connectivity index (χ0v) is 15.0. The highest BCUT2D eigenvalue weighted by molar-refractivity contribution is 5.82. The van der Waals surface area contributed by atoms with E-state index in [0.29, 0.717) is 36.8 Å². The van der Waals surface area contributed by atoms with Gasteiger partial charge in [-0.1, -0.05) is 40.5 Å². The highest BCUT2D eigenvalue weighted by Gasteiger charge is 2.54. The molecule has 1 saturated heterocycles. The van der Waals surface area contributed by atoms with E-state index >= 15 is 0 Å². The summed E-state index contributed by atoms with van der Waals surface area (Å²) >= 11 is 0. The monoisotopic (exact) mass is 307 g/mol. The first-order valence-electron chi connectivity index (χ1n) is 9.08. The maximum absolute atomic E-state index is 13.0. The standard InChI is InChI=1S/C19H33NO2/c1-6-7-8-15-12-17-16(11-13(2)19(17,4)5)18(22)20(15)10-9-14(3)21/h13,15-17H,6-12H2,1-5H3/t13-,15-,16+,17-/m1/s1. The highest BCUT2D eigenvalue weighted by Crippen LogP contribution is 2.55. The fourth-order valence-corrected chi connectivity index (χ4v) is 4.57. The fourth-order valence-electron chi connectivity index (χ4n) is 4.57. The average molecular weight is 307 g/mol. The molecule has 0 aromatic rings. The van der Waals surface area contributed by atoms with E-state index in [1.165, 1.54) is 12.8 Å². The summed E-state index contributed by atoms with van der Waals surface area (Å²) in [5.41, 5.74) is 0.261. The van der Waals surface area contributed by atoms with E-state index in [1.807, 2.05) is 0 Å². The van der Waals surface area contributed by atoms with Crippen LogP contribution in [0, 0.1) is 23.2 Å². The predicted octanol–water partition coefficient (Wildman–Crippen LogP) is 4.06. The van der Waals surface area contributed by atoms with E-state index in [9.17, 15) is 9.59 Å². The minimum absolute atomic E-state index is 0.185. The topological polar surface area (TPSA) is 37.4 Å². The van der Waals surface area contributed by atoms with Crippen molar-refractivity contribution in [2.24, 2.45) is 23.2 Å². The largest absolute Gasteiger partial charge is 0.339 e. The van der Waals surface area contributed by atoms with Crippen LogP contribution >= 0.6 is 0 Å². The predicted molar refractivity (Wildman–Crippen MR) is 89.5 cm³/mol. The maximum atomic E-state index is 13.0. The molecule has 0 bridgehead atoms. The summed E-state index contributed by atoms with van der Waals surface area (Å²) in [5.74, 6) is 1.83. The molecule has 0 radical (unpaired) electrons. The van der Waals surface area contributed by atoms with E-state index < -0.39 is 0 Å². The molecule has 0 aromatic heterocycles. The van der Waals surface area contributed by atoms with Crippen LogP contribution in [-0.4, -0.2) is 29.2 Å². The Kier molecular flexibility index (Phi) is 5.34. The molecular weight excluding hydrogens is 274 g/mol. The fraction of sp³-hybridized carbons (Fsp3) is 0.895. The number of hydrogen-bond acceptors (Lipinski definition) is 2. The van der Waals surface area contributed by atoms with Crippen LogP contribution in [0.5, 0.6) is 0 Å². The van der Waals surface area contributed by atoms with Gasteiger partial charge in [0, 0.05) is 24.9 Å². The minimum atomic E-state index is 0.185. The summed E-state index contributed by atoms with van der Waals surface area (Å²) in [5, 5.41) is 0. The molecule has 126 valence electrons. The van der Waals surface area contributed by atoms with Crippen molar-refractivity contribution in [1.82, 2.24) is 4.90 Å². The van der Waals surface area contributed by atoms with Gasteiger partial charge in [0.05, 0.1) is 0 Å². The lowest BCUT2D eigenvalue weighted by molar-refractivity contribution is -0.146. The number of ketones is 1. The van der Waals surface area contributed by atoms with E-state index in [4.69, 9.17) is 0 Å². The smallest absolute Gasteiger partial charge is 0.226 e. The molecule has 4 atom stereocenters. The third-order valence-corrected chi connectivity index (χ3v) is 6.48. The quantitative estimate of drug-likeness (QED) is 0.742. The lowest BCUT2D eigenvalue weighted by atomic mass is 9.69. The number of likely N-dealkylation sites (tertiary alicyclic amines) is 1. The van der Waals surface area contributed by atoms with Crippen molar-refractivity contribution in [2.75, 3.05) is 6.54 Å². The van der Waals surface area contributed by atoms with Crippen LogP contribution in [0.4, 0.5) is 0 Å². The third kappa shape index (κ3) is 3.23. The molecule has 3 heteroatoms. The summed E-state index contributed by atoms with van der Waals surface area (Å²) in [7, 11) is 0. The van der Waals surface area contributed by atoms with Crippen LogP contribution in [-0.2, 0) is 9.59 Å². The first kappa shape index (κ1) is 17.5. The van der Waals surface area contributed by atoms with Crippen molar-refractivity contribution < 1.29 is 9.59 Å². The van der Waals surface area contributed by atoms with Gasteiger partial charge in [-0.2, -0.15) is 0 Å². The lowest BCUT2D eigenvalue weighted by Gasteiger charge is -2.45. The summed E-state index contributed by atoms with van der Waals surface area (Å²) in [6.07, 6.45) is 6.08. The molecule has 22 heavy (non-hydrogen) atoms. The molecule has 0 aromatic carbocycles. The van der Waals surface area contributed by atoms with Crippen LogP contribution in [0.15, 0.2) is 0 Å². The number of carbonyl (C=O) groups excluding carboxylic acids is 2. The molecule has 2 aliphatic rings. The lowest BCUT2D eigenvalue weighted by Crippen LogP contribution is -2.52. The molecule has 0 spiro atoms. The number of amides is 1. The molecule has 0 N–H and O–H groups in total. The van der Waals surface area contributed by atoms with Crippen LogP contribution in [0.2, 0.25) is 0 Å². The van der Waals surface area contributed by atoms with E-state index in [0.717, 1.165) is 19.3 Å². The molecular formula is C19H33NO2. The third-order valence-electron chi connectivity index (χ3n) is 6.48. The second-order valence-corrected chi connectivity index (χ2v) is 8.19. The number of rotatable bonds is 6. The number of Topliss-reactive ketones (excluding diaryl/α,β-unsaturated/α-hetero) is 1. The Labute approximate surface area is 135 Å². The highest BCUT2D eigenvalue weighted by atomic mass is 16.2. The SMILES string of the molecule is CCCC[C@@H]1C[C@@H]2[C@H](C[C@@H](C)C2(C)C)C(=O)N1CCC(C)=O. The first-order valence-corrected chi connectivity index (χ1v) is 9.08. The van der Waals surface area contributed by atoms with Gasteiger partial charge in [-0.05, 0) is 43.4 Å². The van der Waals surface area contributed by atoms with Gasteiger partial charge in [0.15, 0.2) is 0 Å². The first-order chi connectivity index (χ1) is 10.3. The number of hydrogen-bond donors (Lipinski definition) is 0. The van der Waals surface area contributed by atoms with E-state index in [-0.39, 0.29) is 17.1 Å². The van der Waals surface area contributed by atoms with Crippen LogP contribution < -0.4 is 0 Å². The number of nitrogens with zero attached hydrogens (tertiary/aromatic N) is 1. The molecule has 1 amide bonds. The number of piperidine rings is 1. The molecule has 0 unspecified atom stereocenters. The Hall–Kier alpha value is -0.860. The average Bonchev–Trinajstić information content (AvgIpc) is 2.67. The van der Waals surface area contributed by atoms with Crippen LogP contribution in [0.25, 0.3) is 0 Å². The Morgan fingerprint density at radius 1 is 1.32 bits per heavy atom. The van der Waals surface area contributed by atoms with Crippen molar-refractivity contribution >= 4 is 11.7 Å². The van der Waals surface area contributed by atoms with Gasteiger partial charge in [-0.3, -0.25) is 9.59 Å². The van der Waals surface area contributed by atoms with Crippen molar-refractivity contribution in [1.29, 1.82) is 0 Å². The molecule has 1 heterocycles. The second-order valence-electron chi connectivity index (χ2n) is 8.19. The van der Waals surface area contributed by atoms with Crippen molar-refractivity contribution in [2.45, 2.75) is 79.2 Å². The van der Waals surface area contributed by atoms with Crippen molar-refractivity contribution in [3.63, 3.8) is 0 Å². The van der Waals surface area contributed by atoms with Gasteiger partial charge >= 0.3 is 0 Å². The zero-order valence-electron chi connectivity index (χ0n) is 15.0. The summed E-state index contributed by atoms with van der Waals surface area (Å²) < 4.78 is 0. The summed E-state index contributed by atoms with van der Waals surface area (Å²) in [4.78, 5) is 26.5. The van der Waals surface area contributed by atoms with Crippen molar-refractivity contribution in [3.05, 3.63) is 0 Å². The molecule has 1 aliphatic heterocycles. The van der Waals surface area contributed by atoms with Gasteiger partial charge in [0.2, 0.25) is 5.91 Å². The normalized spacial score (nSPS) is 33.9. The Morgan fingerprint density at radius 2 is 2.00 bits per heavy atom. The molecule has 1 aliphatic carbocycles. The Balaban J connectivity index is 2.18. The Bertz CT molecular complexity index is 429. The van der Waals surface area contributed by atoms with E-state index in [1.54, 1.807) is 6.92 Å². The van der Waals surface area contributed by atoms with Crippen LogP contribution in [0.3, 0.4) is 0 Å². The molecule has 2 fully saturated rings. The molecule has 2 rings (SSSR count). The van der Waals surface area contributed by atoms with Gasteiger partial charge < -0.3 is 4.90 Å². The number of fused-ring (bicyclic) bond motifs is 1. The second kappa shape index (κ2) is 6.72. The number of carbonyl (C=O) groups is 2. The molecule has 1 saturated carbocycles. The van der Waals surface area contributed by atoms with Gasteiger partial charge in [0.1, 0.15) is 5.78 Å². The van der Waals surface area contributed by atoms with E-state index in [2.05, 4.69) is 32.6 Å².